The van der Waals surface area contributed by atoms with Crippen LogP contribution in [0.2, 0.25) is 0 Å². The van der Waals surface area contributed by atoms with Gasteiger partial charge in [-0.2, -0.15) is 0 Å². The van der Waals surface area contributed by atoms with Crippen LogP contribution >= 0.6 is 0 Å². The van der Waals surface area contributed by atoms with Crippen LogP contribution in [-0.4, -0.2) is 42.8 Å². The summed E-state index contributed by atoms with van der Waals surface area (Å²) >= 11 is 0. The number of nitrogens with zero attached hydrogens (tertiary/aromatic N) is 1. The van der Waals surface area contributed by atoms with Crippen molar-refractivity contribution in [2.75, 3.05) is 14.1 Å². The molecule has 1 aromatic rings. The summed E-state index contributed by atoms with van der Waals surface area (Å²) in [7, 11) is 3.28. The lowest BCUT2D eigenvalue weighted by molar-refractivity contribution is -0.136. The first-order valence-corrected chi connectivity index (χ1v) is 7.59. The van der Waals surface area contributed by atoms with Gasteiger partial charge in [-0.25, -0.2) is 0 Å². The maximum absolute atomic E-state index is 12.5. The minimum atomic E-state index is -0.539. The van der Waals surface area contributed by atoms with Crippen LogP contribution in [0.1, 0.15) is 36.7 Å². The molecule has 1 rings (SSSR count). The van der Waals surface area contributed by atoms with E-state index in [0.29, 0.717) is 12.1 Å². The number of amides is 3. The molecule has 0 spiro atoms. The van der Waals surface area contributed by atoms with E-state index in [0.717, 1.165) is 5.56 Å². The molecule has 0 fully saturated rings. The van der Waals surface area contributed by atoms with E-state index in [9.17, 15) is 14.4 Å². The Morgan fingerprint density at radius 2 is 1.70 bits per heavy atom. The Balaban J connectivity index is 2.77. The van der Waals surface area contributed by atoms with Crippen LogP contribution in [0, 0.1) is 5.92 Å². The van der Waals surface area contributed by atoms with Crippen molar-refractivity contribution < 1.29 is 14.4 Å². The van der Waals surface area contributed by atoms with E-state index in [2.05, 4.69) is 10.6 Å². The Hall–Kier alpha value is -2.37. The van der Waals surface area contributed by atoms with Gasteiger partial charge in [0.1, 0.15) is 6.04 Å². The Kier molecular flexibility index (Phi) is 6.75. The summed E-state index contributed by atoms with van der Waals surface area (Å²) in [6.45, 7) is 5.60. The van der Waals surface area contributed by atoms with Gasteiger partial charge in [0.15, 0.2) is 0 Å². The Labute approximate surface area is 137 Å². The highest BCUT2D eigenvalue weighted by Gasteiger charge is 2.25. The molecule has 0 aliphatic heterocycles. The Morgan fingerprint density at radius 1 is 1.13 bits per heavy atom. The normalized spacial score (nSPS) is 11.7. The second kappa shape index (κ2) is 8.31. The standard InChI is InChI=1S/C17H25N3O3/c1-11(2)15(19-12(3)21)17(23)20(5)10-13-6-8-14(9-7-13)16(22)18-4/h6-9,11,15H,10H2,1-5H3,(H,18,22)(H,19,21)/t15-/m0/s1. The van der Waals surface area contributed by atoms with Gasteiger partial charge >= 0.3 is 0 Å². The Morgan fingerprint density at radius 3 is 2.13 bits per heavy atom. The number of carbonyl (C=O) groups excluding carboxylic acids is 3. The van der Waals surface area contributed by atoms with Gasteiger partial charge in [-0.05, 0) is 23.6 Å². The van der Waals surface area contributed by atoms with Gasteiger partial charge in [-0.1, -0.05) is 26.0 Å². The van der Waals surface area contributed by atoms with E-state index in [1.165, 1.54) is 6.92 Å². The number of likely N-dealkylation sites (N-methyl/N-ethyl adjacent to an activating group) is 1. The highest BCUT2D eigenvalue weighted by atomic mass is 16.2. The van der Waals surface area contributed by atoms with Crippen molar-refractivity contribution in [2.45, 2.75) is 33.4 Å². The van der Waals surface area contributed by atoms with Gasteiger partial charge in [0, 0.05) is 33.1 Å². The van der Waals surface area contributed by atoms with Gasteiger partial charge in [0.25, 0.3) is 5.91 Å². The zero-order valence-electron chi connectivity index (χ0n) is 14.3. The molecular weight excluding hydrogens is 294 g/mol. The van der Waals surface area contributed by atoms with Crippen LogP contribution in [0.25, 0.3) is 0 Å². The van der Waals surface area contributed by atoms with Crippen LogP contribution in [-0.2, 0) is 16.1 Å². The molecule has 0 bridgehead atoms. The molecule has 6 nitrogen and oxygen atoms in total. The molecule has 0 saturated carbocycles. The average Bonchev–Trinajstić information content (AvgIpc) is 2.51. The molecule has 0 radical (unpaired) electrons. The van der Waals surface area contributed by atoms with Gasteiger partial charge in [0.2, 0.25) is 11.8 Å². The van der Waals surface area contributed by atoms with E-state index < -0.39 is 6.04 Å². The van der Waals surface area contributed by atoms with Crippen LogP contribution in [0.3, 0.4) is 0 Å². The van der Waals surface area contributed by atoms with Gasteiger partial charge < -0.3 is 15.5 Å². The molecule has 0 saturated heterocycles. The summed E-state index contributed by atoms with van der Waals surface area (Å²) in [5, 5.41) is 5.26. The first-order chi connectivity index (χ1) is 10.8. The third-order valence-corrected chi connectivity index (χ3v) is 3.53. The molecule has 0 aliphatic rings. The fourth-order valence-electron chi connectivity index (χ4n) is 2.23. The second-order valence-corrected chi connectivity index (χ2v) is 5.89. The predicted octanol–water partition coefficient (Wildman–Crippen LogP) is 1.17. The Bertz CT molecular complexity index is 567. The number of rotatable bonds is 6. The zero-order chi connectivity index (χ0) is 17.6. The zero-order valence-corrected chi connectivity index (χ0v) is 14.3. The topological polar surface area (TPSA) is 78.5 Å². The number of hydrogen-bond donors (Lipinski definition) is 2. The van der Waals surface area contributed by atoms with Crippen molar-refractivity contribution in [3.63, 3.8) is 0 Å². The van der Waals surface area contributed by atoms with Crippen molar-refractivity contribution in [2.24, 2.45) is 5.92 Å². The van der Waals surface area contributed by atoms with Crippen LogP contribution in [0.5, 0.6) is 0 Å². The van der Waals surface area contributed by atoms with Gasteiger partial charge in [-0.15, -0.1) is 0 Å². The summed E-state index contributed by atoms with van der Waals surface area (Å²) < 4.78 is 0. The van der Waals surface area contributed by atoms with E-state index in [-0.39, 0.29) is 23.6 Å². The quantitative estimate of drug-likeness (QED) is 0.826. The largest absolute Gasteiger partial charge is 0.355 e. The number of carbonyl (C=O) groups is 3. The van der Waals surface area contributed by atoms with Crippen molar-refractivity contribution in [3.05, 3.63) is 35.4 Å². The van der Waals surface area contributed by atoms with Crippen molar-refractivity contribution in [1.82, 2.24) is 15.5 Å². The lowest BCUT2D eigenvalue weighted by Gasteiger charge is -2.26. The molecule has 6 heteroatoms. The molecule has 126 valence electrons. The van der Waals surface area contributed by atoms with E-state index in [1.807, 2.05) is 26.0 Å². The minimum absolute atomic E-state index is 0.00414. The maximum atomic E-state index is 12.5. The van der Waals surface area contributed by atoms with Gasteiger partial charge in [0.05, 0.1) is 0 Å². The highest BCUT2D eigenvalue weighted by molar-refractivity contribution is 5.94. The van der Waals surface area contributed by atoms with Crippen LogP contribution < -0.4 is 10.6 Å². The number of nitrogens with one attached hydrogen (secondary N) is 2. The SMILES string of the molecule is CNC(=O)c1ccc(CN(C)C(=O)[C@@H](NC(C)=O)C(C)C)cc1. The summed E-state index contributed by atoms with van der Waals surface area (Å²) in [4.78, 5) is 36.8. The van der Waals surface area contributed by atoms with Crippen LogP contribution in [0.15, 0.2) is 24.3 Å². The monoisotopic (exact) mass is 319 g/mol. The predicted molar refractivity (Wildman–Crippen MR) is 88.7 cm³/mol. The highest BCUT2D eigenvalue weighted by Crippen LogP contribution is 2.10. The van der Waals surface area contributed by atoms with Crippen molar-refractivity contribution >= 4 is 17.7 Å². The summed E-state index contributed by atoms with van der Waals surface area (Å²) in [5.74, 6) is -0.498. The fraction of sp³-hybridized carbons (Fsp3) is 0.471. The summed E-state index contributed by atoms with van der Waals surface area (Å²) in [6.07, 6.45) is 0. The molecule has 0 aromatic heterocycles. The van der Waals surface area contributed by atoms with Crippen molar-refractivity contribution in [1.29, 1.82) is 0 Å². The first-order valence-electron chi connectivity index (χ1n) is 7.59. The lowest BCUT2D eigenvalue weighted by atomic mass is 10.0. The number of benzene rings is 1. The molecule has 2 N–H and O–H groups in total. The molecule has 1 atom stereocenters. The summed E-state index contributed by atoms with van der Waals surface area (Å²) in [5.41, 5.74) is 1.49. The van der Waals surface area contributed by atoms with Crippen LogP contribution in [0.4, 0.5) is 0 Å². The molecule has 3 amide bonds. The first kappa shape index (κ1) is 18.7. The van der Waals surface area contributed by atoms with Crippen molar-refractivity contribution in [3.8, 4) is 0 Å². The summed E-state index contributed by atoms with van der Waals surface area (Å²) in [6, 6.07) is 6.54. The molecule has 0 unspecified atom stereocenters. The molecule has 23 heavy (non-hydrogen) atoms. The number of hydrogen-bond acceptors (Lipinski definition) is 3. The molecule has 0 aliphatic carbocycles. The maximum Gasteiger partial charge on any atom is 0.251 e. The van der Waals surface area contributed by atoms with E-state index >= 15 is 0 Å². The third-order valence-electron chi connectivity index (χ3n) is 3.53. The second-order valence-electron chi connectivity index (χ2n) is 5.89. The van der Waals surface area contributed by atoms with E-state index in [4.69, 9.17) is 0 Å². The molecule has 0 heterocycles. The average molecular weight is 319 g/mol. The molecule has 1 aromatic carbocycles. The molecular formula is C17H25N3O3. The van der Waals surface area contributed by atoms with Gasteiger partial charge in [-0.3, -0.25) is 14.4 Å². The fourth-order valence-corrected chi connectivity index (χ4v) is 2.23. The smallest absolute Gasteiger partial charge is 0.251 e. The third kappa shape index (κ3) is 5.39. The van der Waals surface area contributed by atoms with E-state index in [1.54, 1.807) is 31.1 Å². The minimum Gasteiger partial charge on any atom is -0.355 e. The lowest BCUT2D eigenvalue weighted by Crippen LogP contribution is -2.49.